The van der Waals surface area contributed by atoms with Crippen LogP contribution in [0.3, 0.4) is 0 Å². The van der Waals surface area contributed by atoms with Gasteiger partial charge in [-0.3, -0.25) is 34.6 Å². The molecule has 0 bridgehead atoms. The zero-order valence-corrected chi connectivity index (χ0v) is 28.5. The number of esters is 2. The highest BCUT2D eigenvalue weighted by molar-refractivity contribution is 7.96. The van der Waals surface area contributed by atoms with Crippen molar-refractivity contribution in [3.05, 3.63) is 155 Å². The first-order valence-corrected chi connectivity index (χ1v) is 17.8. The number of non-ortho nitro benzene ring substituents is 1. The van der Waals surface area contributed by atoms with E-state index in [9.17, 15) is 24.5 Å². The summed E-state index contributed by atoms with van der Waals surface area (Å²) in [6, 6.07) is 34.1. The lowest BCUT2D eigenvalue weighted by atomic mass is 9.89. The quantitative estimate of drug-likeness (QED) is 0.0522. The number of ether oxygens (including phenoxy) is 2. The molecule has 1 aromatic heterocycles. The molecular weight excluding hydrogens is 675 g/mol. The second-order valence-corrected chi connectivity index (χ2v) is 15.2. The van der Waals surface area contributed by atoms with Crippen molar-refractivity contribution >= 4 is 64.4 Å². The van der Waals surface area contributed by atoms with E-state index in [1.807, 2.05) is 91.0 Å². The minimum absolute atomic E-state index is 0.0741. The van der Waals surface area contributed by atoms with Crippen LogP contribution in [-0.4, -0.2) is 48.4 Å². The Kier molecular flexibility index (Phi) is 10.2. The van der Waals surface area contributed by atoms with Crippen LogP contribution >= 0.6 is 19.5 Å². The number of carbonyl (C=O) groups is 3. The van der Waals surface area contributed by atoms with Crippen molar-refractivity contribution in [1.29, 1.82) is 0 Å². The van der Waals surface area contributed by atoms with Gasteiger partial charge in [0, 0.05) is 38.3 Å². The molecule has 0 radical (unpaired) electrons. The van der Waals surface area contributed by atoms with E-state index in [0.29, 0.717) is 5.56 Å². The maximum Gasteiger partial charge on any atom is 0.356 e. The summed E-state index contributed by atoms with van der Waals surface area (Å²) in [5.74, 6) is -2.93. The van der Waals surface area contributed by atoms with Crippen molar-refractivity contribution in [2.24, 2.45) is 5.92 Å². The Hall–Kier alpha value is -5.58. The fourth-order valence-corrected chi connectivity index (χ4v) is 11.0. The molecule has 3 unspecified atom stereocenters. The van der Waals surface area contributed by atoms with Gasteiger partial charge < -0.3 is 9.47 Å². The number of aromatic nitrogens is 2. The number of carbonyl (C=O) groups excluding carboxylic acids is 3. The third kappa shape index (κ3) is 6.55. The fraction of sp³-hybridized carbons (Fsp3) is 0.135. The molecule has 1 saturated heterocycles. The molecule has 1 aliphatic rings. The van der Waals surface area contributed by atoms with Crippen molar-refractivity contribution in [3.63, 3.8) is 0 Å². The first kappa shape index (κ1) is 34.3. The maximum atomic E-state index is 14.8. The van der Waals surface area contributed by atoms with E-state index in [0.717, 1.165) is 15.9 Å². The van der Waals surface area contributed by atoms with E-state index in [1.165, 1.54) is 54.7 Å². The average molecular weight is 707 g/mol. The third-order valence-electron chi connectivity index (χ3n) is 8.28. The molecule has 0 spiro atoms. The smallest absolute Gasteiger partial charge is 0.356 e. The van der Waals surface area contributed by atoms with Crippen LogP contribution in [0, 0.1) is 16.0 Å². The molecule has 6 rings (SSSR count). The number of nitro benzene ring substituents is 1. The van der Waals surface area contributed by atoms with Gasteiger partial charge in [-0.1, -0.05) is 91.0 Å². The van der Waals surface area contributed by atoms with Crippen molar-refractivity contribution in [2.75, 3.05) is 0 Å². The van der Waals surface area contributed by atoms with Crippen LogP contribution in [0.5, 0.6) is 0 Å². The van der Waals surface area contributed by atoms with Gasteiger partial charge in [-0.05, 0) is 33.6 Å². The van der Waals surface area contributed by atoms with Gasteiger partial charge in [0.1, 0.15) is 23.6 Å². The number of nitro groups is 1. The van der Waals surface area contributed by atoms with E-state index >= 15 is 0 Å². The SMILES string of the molecule is CC(=O)OC(c1cnccn1)C1C(=O)N(C(C(=O)OCc2ccc([N+](=O)[O-])cc2)=P(c2ccccc2)(c2ccccc2)c2ccccc2)C1S. The molecule has 2 heterocycles. The molecule has 252 valence electrons. The normalized spacial score (nSPS) is 16.1. The standard InChI is InChI=1S/C37H31N4O7PS/c1-25(42)48-33(31-23-38-21-22-39-31)32-34(43)40(36(32)50)35(37(44)47-24-26-17-19-27(20-18-26)41(45)46)49(28-11-5-2-6-12-28,29-13-7-3-8-14-29)30-15-9-4-10-16-30/h2-23,32-33,36,50H,24H2,1H3. The van der Waals surface area contributed by atoms with Crippen LogP contribution in [-0.2, 0) is 30.5 Å². The minimum Gasteiger partial charge on any atom is -0.456 e. The zero-order valence-electron chi connectivity index (χ0n) is 26.7. The van der Waals surface area contributed by atoms with E-state index in [4.69, 9.17) is 22.1 Å². The van der Waals surface area contributed by atoms with Gasteiger partial charge in [0.05, 0.1) is 16.5 Å². The zero-order chi connectivity index (χ0) is 35.3. The Bertz CT molecular complexity index is 1970. The first-order chi connectivity index (χ1) is 24.2. The van der Waals surface area contributed by atoms with Crippen LogP contribution in [0.15, 0.2) is 134 Å². The fourth-order valence-electron chi connectivity index (χ4n) is 6.06. The van der Waals surface area contributed by atoms with Crippen LogP contribution in [0.25, 0.3) is 0 Å². The Balaban J connectivity index is 1.58. The van der Waals surface area contributed by atoms with Gasteiger partial charge in [0.15, 0.2) is 6.10 Å². The summed E-state index contributed by atoms with van der Waals surface area (Å²) in [6.45, 7) is -2.23. The summed E-state index contributed by atoms with van der Waals surface area (Å²) in [6.07, 6.45) is 3.20. The number of thiol groups is 1. The number of rotatable bonds is 11. The molecule has 4 aromatic carbocycles. The molecule has 1 amide bonds. The molecule has 0 saturated carbocycles. The molecule has 11 nitrogen and oxygen atoms in total. The molecule has 1 fully saturated rings. The Morgan fingerprint density at radius 2 is 1.42 bits per heavy atom. The number of nitrogens with zero attached hydrogens (tertiary/aromatic N) is 4. The molecule has 50 heavy (non-hydrogen) atoms. The number of amides is 1. The molecule has 5 aromatic rings. The molecule has 1 aliphatic heterocycles. The Morgan fingerprint density at radius 1 is 0.880 bits per heavy atom. The lowest BCUT2D eigenvalue weighted by Crippen LogP contribution is -2.65. The Labute approximate surface area is 293 Å². The van der Waals surface area contributed by atoms with Gasteiger partial charge >= 0.3 is 11.9 Å². The van der Waals surface area contributed by atoms with Crippen LogP contribution in [0.4, 0.5) is 5.69 Å². The van der Waals surface area contributed by atoms with E-state index < -0.39 is 47.1 Å². The van der Waals surface area contributed by atoms with E-state index in [-0.39, 0.29) is 23.4 Å². The number of hydrogen-bond acceptors (Lipinski definition) is 10. The lowest BCUT2D eigenvalue weighted by Gasteiger charge is -2.49. The summed E-state index contributed by atoms with van der Waals surface area (Å²) < 4.78 is 11.6. The monoisotopic (exact) mass is 706 g/mol. The van der Waals surface area contributed by atoms with Crippen molar-refractivity contribution < 1.29 is 28.8 Å². The summed E-state index contributed by atoms with van der Waals surface area (Å²) in [5, 5.41) is 12.6. The van der Waals surface area contributed by atoms with Crippen LogP contribution in [0.2, 0.25) is 0 Å². The van der Waals surface area contributed by atoms with Gasteiger partial charge in [-0.2, -0.15) is 12.6 Å². The average Bonchev–Trinajstić information content (AvgIpc) is 3.15. The van der Waals surface area contributed by atoms with Crippen LogP contribution in [0.1, 0.15) is 24.3 Å². The number of β-lactam (4-membered cyclic amide) rings is 1. The van der Waals surface area contributed by atoms with E-state index in [1.54, 1.807) is 0 Å². The lowest BCUT2D eigenvalue weighted by molar-refractivity contribution is -0.384. The van der Waals surface area contributed by atoms with Gasteiger partial charge in [0.25, 0.3) is 5.69 Å². The van der Waals surface area contributed by atoms with Crippen molar-refractivity contribution in [2.45, 2.75) is 25.0 Å². The third-order valence-corrected chi connectivity index (χ3v) is 13.1. The predicted octanol–water partition coefficient (Wildman–Crippen LogP) is 4.57. The predicted molar refractivity (Wildman–Crippen MR) is 193 cm³/mol. The first-order valence-electron chi connectivity index (χ1n) is 15.5. The summed E-state index contributed by atoms with van der Waals surface area (Å²) in [7, 11) is 0. The van der Waals surface area contributed by atoms with Crippen molar-refractivity contribution in [1.82, 2.24) is 14.9 Å². The Morgan fingerprint density at radius 3 is 1.86 bits per heavy atom. The second kappa shape index (κ2) is 14.9. The van der Waals surface area contributed by atoms with Crippen molar-refractivity contribution in [3.8, 4) is 0 Å². The van der Waals surface area contributed by atoms with E-state index in [2.05, 4.69) is 9.97 Å². The minimum atomic E-state index is -3.24. The molecule has 13 heteroatoms. The highest BCUT2D eigenvalue weighted by Crippen LogP contribution is 2.51. The van der Waals surface area contributed by atoms with Gasteiger partial charge in [0.2, 0.25) is 5.91 Å². The molecular formula is C37H31N4O7PS. The van der Waals surface area contributed by atoms with Gasteiger partial charge in [-0.25, -0.2) is 4.79 Å². The highest BCUT2D eigenvalue weighted by Gasteiger charge is 2.56. The molecule has 3 atom stereocenters. The topological polar surface area (TPSA) is 142 Å². The summed E-state index contributed by atoms with van der Waals surface area (Å²) in [5.41, 5.74) is 0.747. The number of benzene rings is 4. The second-order valence-electron chi connectivity index (χ2n) is 11.3. The van der Waals surface area contributed by atoms with Crippen LogP contribution < -0.4 is 15.9 Å². The molecule has 0 N–H and O–H groups in total. The number of hydrogen-bond donors (Lipinski definition) is 1. The highest BCUT2D eigenvalue weighted by atomic mass is 32.1. The summed E-state index contributed by atoms with van der Waals surface area (Å²) in [4.78, 5) is 62.2. The maximum absolute atomic E-state index is 14.8. The number of likely N-dealkylation sites (tertiary alicyclic amines) is 1. The molecule has 0 aliphatic carbocycles. The largest absolute Gasteiger partial charge is 0.456 e. The summed E-state index contributed by atoms with van der Waals surface area (Å²) >= 11 is 4.91. The van der Waals surface area contributed by atoms with Gasteiger partial charge in [-0.15, -0.1) is 0 Å².